The first-order valence-corrected chi connectivity index (χ1v) is 7.19. The van der Waals surface area contributed by atoms with Gasteiger partial charge in [0.05, 0.1) is 0 Å². The predicted molar refractivity (Wildman–Crippen MR) is 76.3 cm³/mol. The Morgan fingerprint density at radius 2 is 2.19 bits per heavy atom. The fourth-order valence-electron chi connectivity index (χ4n) is 1.56. The van der Waals surface area contributed by atoms with Gasteiger partial charge in [-0.3, -0.25) is 9.59 Å². The Labute approximate surface area is 124 Å². The van der Waals surface area contributed by atoms with Gasteiger partial charge in [-0.25, -0.2) is 9.18 Å². The van der Waals surface area contributed by atoms with Gasteiger partial charge in [0, 0.05) is 11.3 Å². The molecule has 8 heteroatoms. The summed E-state index contributed by atoms with van der Waals surface area (Å²) in [4.78, 5) is 31.9. The van der Waals surface area contributed by atoms with Crippen LogP contribution in [0.5, 0.6) is 0 Å². The molecule has 1 atom stereocenters. The van der Waals surface area contributed by atoms with Crippen molar-refractivity contribution in [3.05, 3.63) is 35.1 Å². The maximum absolute atomic E-state index is 13.7. The molecule has 0 fully saturated rings. The van der Waals surface area contributed by atoms with Crippen LogP contribution in [0.25, 0.3) is 0 Å². The Morgan fingerprint density at radius 1 is 1.48 bits per heavy atom. The van der Waals surface area contributed by atoms with Crippen LogP contribution in [0.3, 0.4) is 0 Å². The number of primary amides is 1. The van der Waals surface area contributed by atoms with E-state index in [0.29, 0.717) is 23.5 Å². The van der Waals surface area contributed by atoms with Gasteiger partial charge in [0.15, 0.2) is 0 Å². The van der Waals surface area contributed by atoms with E-state index in [0.717, 1.165) is 6.07 Å². The molecule has 0 aliphatic carbocycles. The summed E-state index contributed by atoms with van der Waals surface area (Å²) in [6.07, 6.45) is 0.575. The smallest absolute Gasteiger partial charge is 0.326 e. The third-order valence-corrected chi connectivity index (χ3v) is 3.75. The molecule has 0 heterocycles. The lowest BCUT2D eigenvalue weighted by molar-refractivity contribution is -0.140. The van der Waals surface area contributed by atoms with E-state index in [4.69, 9.17) is 10.8 Å². The van der Waals surface area contributed by atoms with Gasteiger partial charge >= 0.3 is 5.97 Å². The summed E-state index contributed by atoms with van der Waals surface area (Å²) in [6.45, 7) is 0. The van der Waals surface area contributed by atoms with Crippen molar-refractivity contribution >= 4 is 30.0 Å². The standard InChI is InChI=1S/C13H15FN2O4S/c14-10-5-8(12(15)18)1-2-9(10)6-21-4-3-11(13(19)20)16-7-17/h1-2,5,7,11H,3-4,6H2,(H2,15,18)(H,16,17)(H,19,20). The van der Waals surface area contributed by atoms with E-state index in [1.54, 1.807) is 0 Å². The minimum Gasteiger partial charge on any atom is -0.480 e. The minimum atomic E-state index is -1.11. The largest absolute Gasteiger partial charge is 0.480 e. The Balaban J connectivity index is 2.47. The maximum Gasteiger partial charge on any atom is 0.326 e. The topological polar surface area (TPSA) is 109 Å². The highest BCUT2D eigenvalue weighted by molar-refractivity contribution is 7.98. The molecular formula is C13H15FN2O4S. The molecule has 0 spiro atoms. The molecule has 1 unspecified atom stereocenters. The third kappa shape index (κ3) is 5.42. The fourth-order valence-corrected chi connectivity index (χ4v) is 2.56. The maximum atomic E-state index is 13.7. The van der Waals surface area contributed by atoms with Gasteiger partial charge in [0.25, 0.3) is 0 Å². The normalized spacial score (nSPS) is 11.7. The summed E-state index contributed by atoms with van der Waals surface area (Å²) in [6, 6.07) is 3.04. The molecule has 114 valence electrons. The van der Waals surface area contributed by atoms with Gasteiger partial charge in [-0.1, -0.05) is 6.07 Å². The van der Waals surface area contributed by atoms with Gasteiger partial charge in [-0.15, -0.1) is 0 Å². The van der Waals surface area contributed by atoms with Crippen LogP contribution in [0, 0.1) is 5.82 Å². The van der Waals surface area contributed by atoms with Gasteiger partial charge < -0.3 is 16.2 Å². The lowest BCUT2D eigenvalue weighted by Gasteiger charge is -2.10. The number of carboxylic acids is 1. The van der Waals surface area contributed by atoms with Crippen LogP contribution in [0.2, 0.25) is 0 Å². The first-order valence-electron chi connectivity index (χ1n) is 6.04. The highest BCUT2D eigenvalue weighted by Crippen LogP contribution is 2.18. The van der Waals surface area contributed by atoms with Crippen molar-refractivity contribution in [2.75, 3.05) is 5.75 Å². The Kier molecular flexibility index (Phi) is 6.67. The summed E-state index contributed by atoms with van der Waals surface area (Å²) in [5.41, 5.74) is 5.55. The number of rotatable bonds is 9. The molecule has 0 aliphatic heterocycles. The average molecular weight is 314 g/mol. The van der Waals surface area contributed by atoms with Crippen LogP contribution in [-0.2, 0) is 15.3 Å². The van der Waals surface area contributed by atoms with Crippen molar-refractivity contribution in [3.8, 4) is 0 Å². The number of amides is 2. The van der Waals surface area contributed by atoms with Gasteiger partial charge in [0.1, 0.15) is 11.9 Å². The number of nitrogens with one attached hydrogen (secondary N) is 1. The summed E-state index contributed by atoms with van der Waals surface area (Å²) in [5.74, 6) is -1.57. The Morgan fingerprint density at radius 3 is 2.71 bits per heavy atom. The molecule has 0 aliphatic rings. The van der Waals surface area contributed by atoms with E-state index in [-0.39, 0.29) is 12.0 Å². The molecule has 1 aromatic carbocycles. The van der Waals surface area contributed by atoms with Crippen molar-refractivity contribution in [1.29, 1.82) is 0 Å². The summed E-state index contributed by atoms with van der Waals surface area (Å²) in [7, 11) is 0. The first kappa shape index (κ1) is 17.0. The number of carbonyl (C=O) groups excluding carboxylic acids is 2. The minimum absolute atomic E-state index is 0.0994. The van der Waals surface area contributed by atoms with Crippen LogP contribution >= 0.6 is 11.8 Å². The summed E-state index contributed by atoms with van der Waals surface area (Å²) < 4.78 is 13.7. The highest BCUT2D eigenvalue weighted by atomic mass is 32.2. The van der Waals surface area contributed by atoms with Crippen molar-refractivity contribution in [2.45, 2.75) is 18.2 Å². The second kappa shape index (κ2) is 8.25. The monoisotopic (exact) mass is 314 g/mol. The zero-order valence-electron chi connectivity index (χ0n) is 11.0. The van der Waals surface area contributed by atoms with Crippen LogP contribution in [-0.4, -0.2) is 35.2 Å². The quantitative estimate of drug-likeness (QED) is 0.460. The molecule has 6 nitrogen and oxygen atoms in total. The van der Waals surface area contributed by atoms with Crippen LogP contribution in [0.15, 0.2) is 18.2 Å². The summed E-state index contributed by atoms with van der Waals surface area (Å²) >= 11 is 1.33. The van der Waals surface area contributed by atoms with E-state index < -0.39 is 23.7 Å². The molecule has 1 rings (SSSR count). The van der Waals surface area contributed by atoms with E-state index in [2.05, 4.69) is 5.32 Å². The van der Waals surface area contributed by atoms with Gasteiger partial charge in [-0.05, 0) is 29.9 Å². The first-order chi connectivity index (χ1) is 9.95. The van der Waals surface area contributed by atoms with E-state index in [1.165, 1.54) is 23.9 Å². The fraction of sp³-hybridized carbons (Fsp3) is 0.308. The van der Waals surface area contributed by atoms with Crippen LogP contribution < -0.4 is 11.1 Å². The van der Waals surface area contributed by atoms with Crippen molar-refractivity contribution < 1.29 is 23.9 Å². The number of nitrogens with two attached hydrogens (primary N) is 1. The highest BCUT2D eigenvalue weighted by Gasteiger charge is 2.15. The van der Waals surface area contributed by atoms with Crippen molar-refractivity contribution in [3.63, 3.8) is 0 Å². The molecule has 0 aromatic heterocycles. The van der Waals surface area contributed by atoms with Crippen LogP contribution in [0.4, 0.5) is 4.39 Å². The number of aliphatic carboxylic acids is 1. The number of benzene rings is 1. The van der Waals surface area contributed by atoms with E-state index >= 15 is 0 Å². The van der Waals surface area contributed by atoms with Crippen LogP contribution in [0.1, 0.15) is 22.3 Å². The van der Waals surface area contributed by atoms with E-state index in [1.807, 2.05) is 0 Å². The molecule has 0 bridgehead atoms. The second-order valence-electron chi connectivity index (χ2n) is 4.19. The lowest BCUT2D eigenvalue weighted by Crippen LogP contribution is -2.36. The number of hydrogen-bond donors (Lipinski definition) is 3. The molecule has 0 radical (unpaired) electrons. The Hall–Kier alpha value is -2.09. The Bertz CT molecular complexity index is 539. The van der Waals surface area contributed by atoms with Crippen molar-refractivity contribution in [2.24, 2.45) is 5.73 Å². The molecule has 2 amide bonds. The number of carbonyl (C=O) groups is 3. The number of hydrogen-bond acceptors (Lipinski definition) is 4. The molecule has 0 saturated heterocycles. The molecule has 21 heavy (non-hydrogen) atoms. The van der Waals surface area contributed by atoms with E-state index in [9.17, 15) is 18.8 Å². The zero-order valence-corrected chi connectivity index (χ0v) is 11.9. The average Bonchev–Trinajstić information content (AvgIpc) is 2.43. The second-order valence-corrected chi connectivity index (χ2v) is 5.29. The lowest BCUT2D eigenvalue weighted by atomic mass is 10.1. The molecule has 0 saturated carbocycles. The molecular weight excluding hydrogens is 299 g/mol. The molecule has 4 N–H and O–H groups in total. The number of halogens is 1. The third-order valence-electron chi connectivity index (χ3n) is 2.71. The predicted octanol–water partition coefficient (Wildman–Crippen LogP) is 0.747. The van der Waals surface area contributed by atoms with Gasteiger partial charge in [0.2, 0.25) is 12.3 Å². The summed E-state index contributed by atoms with van der Waals surface area (Å²) in [5, 5.41) is 11.0. The number of thioether (sulfide) groups is 1. The SMILES string of the molecule is NC(=O)c1ccc(CSCCC(NC=O)C(=O)O)c(F)c1. The van der Waals surface area contributed by atoms with Gasteiger partial charge in [-0.2, -0.15) is 11.8 Å². The molecule has 1 aromatic rings. The number of carboxylic acid groups (broad SMARTS) is 1. The zero-order chi connectivity index (χ0) is 15.8. The van der Waals surface area contributed by atoms with Crippen molar-refractivity contribution in [1.82, 2.24) is 5.32 Å².